The second kappa shape index (κ2) is 4.11. The average Bonchev–Trinajstić information content (AvgIpc) is 2.99. The minimum atomic E-state index is 0.166. The minimum Gasteiger partial charge on any atom is -0.371 e. The van der Waals surface area contributed by atoms with Crippen molar-refractivity contribution < 1.29 is 9.47 Å². The molecule has 1 aliphatic rings. The van der Waals surface area contributed by atoms with Crippen LogP contribution in [0.4, 0.5) is 0 Å². The van der Waals surface area contributed by atoms with Crippen LogP contribution in [0, 0.1) is 6.92 Å². The minimum absolute atomic E-state index is 0.166. The van der Waals surface area contributed by atoms with E-state index in [0.29, 0.717) is 6.10 Å². The van der Waals surface area contributed by atoms with E-state index in [1.165, 1.54) is 11.1 Å². The molecule has 0 radical (unpaired) electrons. The smallest absolute Gasteiger partial charge is 0.104 e. The first-order valence-corrected chi connectivity index (χ1v) is 5.05. The van der Waals surface area contributed by atoms with E-state index >= 15 is 0 Å². The Kier molecular flexibility index (Phi) is 2.85. The molecule has 0 amide bonds. The first-order chi connectivity index (χ1) is 6.75. The summed E-state index contributed by atoms with van der Waals surface area (Å²) in [6.45, 7) is 5.75. The van der Waals surface area contributed by atoms with Gasteiger partial charge in [0.2, 0.25) is 0 Å². The van der Waals surface area contributed by atoms with E-state index < -0.39 is 0 Å². The Bertz CT molecular complexity index is 288. The van der Waals surface area contributed by atoms with Crippen molar-refractivity contribution in [2.45, 2.75) is 26.1 Å². The van der Waals surface area contributed by atoms with Gasteiger partial charge in [-0.05, 0) is 19.4 Å². The van der Waals surface area contributed by atoms with Crippen LogP contribution >= 0.6 is 0 Å². The molecular formula is C12H16O2. The maximum Gasteiger partial charge on any atom is 0.104 e. The number of benzene rings is 1. The van der Waals surface area contributed by atoms with Gasteiger partial charge < -0.3 is 9.47 Å². The zero-order chi connectivity index (χ0) is 9.97. The van der Waals surface area contributed by atoms with Gasteiger partial charge in [-0.3, -0.25) is 0 Å². The normalized spacial score (nSPS) is 22.0. The third-order valence-corrected chi connectivity index (χ3v) is 2.48. The predicted molar refractivity (Wildman–Crippen MR) is 55.3 cm³/mol. The molecular weight excluding hydrogens is 176 g/mol. The van der Waals surface area contributed by atoms with Crippen LogP contribution in [0.5, 0.6) is 0 Å². The van der Waals surface area contributed by atoms with Gasteiger partial charge in [-0.25, -0.2) is 0 Å². The lowest BCUT2D eigenvalue weighted by Gasteiger charge is -2.12. The zero-order valence-electron chi connectivity index (χ0n) is 8.69. The Hall–Kier alpha value is -0.860. The average molecular weight is 192 g/mol. The molecule has 0 saturated carbocycles. The lowest BCUT2D eigenvalue weighted by atomic mass is 10.1. The van der Waals surface area contributed by atoms with Gasteiger partial charge in [-0.1, -0.05) is 29.8 Å². The standard InChI is InChI=1S/C12H16O2/c1-9-3-5-11(6-4-9)10(2)13-7-12-8-14-12/h3-6,10,12H,7-8H2,1-2H3/t10-,12+/m0/s1. The van der Waals surface area contributed by atoms with E-state index in [1.807, 2.05) is 0 Å². The topological polar surface area (TPSA) is 21.8 Å². The van der Waals surface area contributed by atoms with Crippen LogP contribution < -0.4 is 0 Å². The Morgan fingerprint density at radius 3 is 2.64 bits per heavy atom. The summed E-state index contributed by atoms with van der Waals surface area (Å²) in [5.74, 6) is 0. The first-order valence-electron chi connectivity index (χ1n) is 5.05. The van der Waals surface area contributed by atoms with Crippen LogP contribution in [0.3, 0.4) is 0 Å². The van der Waals surface area contributed by atoms with Gasteiger partial charge in [0.05, 0.1) is 19.3 Å². The molecule has 0 bridgehead atoms. The molecule has 0 unspecified atom stereocenters. The van der Waals surface area contributed by atoms with Gasteiger partial charge in [0.1, 0.15) is 6.10 Å². The summed E-state index contributed by atoms with van der Waals surface area (Å²) in [5.41, 5.74) is 2.52. The first kappa shape index (κ1) is 9.69. The molecule has 2 nitrogen and oxygen atoms in total. The van der Waals surface area contributed by atoms with Crippen LogP contribution in [0.25, 0.3) is 0 Å². The van der Waals surface area contributed by atoms with E-state index in [2.05, 4.69) is 38.1 Å². The highest BCUT2D eigenvalue weighted by atomic mass is 16.6. The molecule has 2 heteroatoms. The molecule has 0 aromatic heterocycles. The van der Waals surface area contributed by atoms with Crippen LogP contribution in [-0.4, -0.2) is 19.3 Å². The Morgan fingerprint density at radius 2 is 2.07 bits per heavy atom. The summed E-state index contributed by atoms with van der Waals surface area (Å²) >= 11 is 0. The van der Waals surface area contributed by atoms with Crippen LogP contribution in [-0.2, 0) is 9.47 Å². The van der Waals surface area contributed by atoms with Gasteiger partial charge >= 0.3 is 0 Å². The van der Waals surface area contributed by atoms with Crippen molar-refractivity contribution in [3.8, 4) is 0 Å². The molecule has 0 aliphatic carbocycles. The molecule has 0 N–H and O–H groups in total. The van der Waals surface area contributed by atoms with E-state index in [4.69, 9.17) is 9.47 Å². The SMILES string of the molecule is Cc1ccc([C@H](C)OC[C@@H]2CO2)cc1. The van der Waals surface area contributed by atoms with E-state index in [1.54, 1.807) is 0 Å². The fourth-order valence-electron chi connectivity index (χ4n) is 1.35. The Morgan fingerprint density at radius 1 is 1.43 bits per heavy atom. The molecule has 1 saturated heterocycles. The van der Waals surface area contributed by atoms with Crippen molar-refractivity contribution in [1.82, 2.24) is 0 Å². The fraction of sp³-hybridized carbons (Fsp3) is 0.500. The number of rotatable bonds is 4. The lowest BCUT2D eigenvalue weighted by molar-refractivity contribution is 0.0540. The number of epoxide rings is 1. The predicted octanol–water partition coefficient (Wildman–Crippen LogP) is 2.47. The second-order valence-corrected chi connectivity index (χ2v) is 3.84. The summed E-state index contributed by atoms with van der Waals surface area (Å²) < 4.78 is 10.8. The number of aryl methyl sites for hydroxylation is 1. The molecule has 14 heavy (non-hydrogen) atoms. The van der Waals surface area contributed by atoms with Crippen LogP contribution in [0.15, 0.2) is 24.3 Å². The summed E-state index contributed by atoms with van der Waals surface area (Å²) in [6, 6.07) is 8.47. The van der Waals surface area contributed by atoms with Gasteiger partial charge in [0.25, 0.3) is 0 Å². The molecule has 1 heterocycles. The maximum atomic E-state index is 5.67. The van der Waals surface area contributed by atoms with Crippen molar-refractivity contribution in [1.29, 1.82) is 0 Å². The zero-order valence-corrected chi connectivity index (χ0v) is 8.69. The number of ether oxygens (including phenoxy) is 2. The lowest BCUT2D eigenvalue weighted by Crippen LogP contribution is -2.05. The van der Waals surface area contributed by atoms with Gasteiger partial charge in [-0.15, -0.1) is 0 Å². The van der Waals surface area contributed by atoms with E-state index in [-0.39, 0.29) is 6.10 Å². The number of hydrogen-bond donors (Lipinski definition) is 0. The summed E-state index contributed by atoms with van der Waals surface area (Å²) in [4.78, 5) is 0. The Balaban J connectivity index is 1.88. The third kappa shape index (κ3) is 2.56. The monoisotopic (exact) mass is 192 g/mol. The highest BCUT2D eigenvalue weighted by Crippen LogP contribution is 2.19. The quantitative estimate of drug-likeness (QED) is 0.683. The molecule has 1 aromatic carbocycles. The van der Waals surface area contributed by atoms with E-state index in [9.17, 15) is 0 Å². The summed E-state index contributed by atoms with van der Waals surface area (Å²) in [6.07, 6.45) is 0.516. The molecule has 0 spiro atoms. The van der Waals surface area contributed by atoms with Crippen molar-refractivity contribution in [2.75, 3.05) is 13.2 Å². The van der Waals surface area contributed by atoms with Crippen LogP contribution in [0.2, 0.25) is 0 Å². The van der Waals surface area contributed by atoms with Crippen molar-refractivity contribution in [3.63, 3.8) is 0 Å². The Labute approximate surface area is 84.8 Å². The largest absolute Gasteiger partial charge is 0.371 e. The van der Waals surface area contributed by atoms with Crippen LogP contribution in [0.1, 0.15) is 24.2 Å². The van der Waals surface area contributed by atoms with Gasteiger partial charge in [0, 0.05) is 0 Å². The van der Waals surface area contributed by atoms with Crippen molar-refractivity contribution >= 4 is 0 Å². The van der Waals surface area contributed by atoms with Gasteiger partial charge in [-0.2, -0.15) is 0 Å². The maximum absolute atomic E-state index is 5.67. The molecule has 1 aromatic rings. The van der Waals surface area contributed by atoms with E-state index in [0.717, 1.165) is 13.2 Å². The van der Waals surface area contributed by atoms with Crippen molar-refractivity contribution in [3.05, 3.63) is 35.4 Å². The molecule has 2 rings (SSSR count). The molecule has 1 aliphatic heterocycles. The summed E-state index contributed by atoms with van der Waals surface area (Å²) in [7, 11) is 0. The highest BCUT2D eigenvalue weighted by molar-refractivity contribution is 5.22. The molecule has 1 fully saturated rings. The third-order valence-electron chi connectivity index (χ3n) is 2.48. The van der Waals surface area contributed by atoms with Gasteiger partial charge in [0.15, 0.2) is 0 Å². The highest BCUT2D eigenvalue weighted by Gasteiger charge is 2.23. The second-order valence-electron chi connectivity index (χ2n) is 3.84. The number of hydrogen-bond acceptors (Lipinski definition) is 2. The molecule has 2 atom stereocenters. The fourth-order valence-corrected chi connectivity index (χ4v) is 1.35. The van der Waals surface area contributed by atoms with Crippen molar-refractivity contribution in [2.24, 2.45) is 0 Å². The summed E-state index contributed by atoms with van der Waals surface area (Å²) in [5, 5.41) is 0. The molecule has 76 valence electrons.